The number of rotatable bonds is 3. The zero-order valence-electron chi connectivity index (χ0n) is 17.6. The summed E-state index contributed by atoms with van der Waals surface area (Å²) in [7, 11) is 0. The average Bonchev–Trinajstić information content (AvgIpc) is 2.67. The van der Waals surface area contributed by atoms with E-state index in [4.69, 9.17) is 4.74 Å². The Bertz CT molecular complexity index is 963. The predicted octanol–water partition coefficient (Wildman–Crippen LogP) is 4.35. The lowest BCUT2D eigenvalue weighted by Crippen LogP contribution is -2.55. The van der Waals surface area contributed by atoms with Crippen molar-refractivity contribution in [3.63, 3.8) is 0 Å². The van der Waals surface area contributed by atoms with Gasteiger partial charge in [0.05, 0.1) is 12.2 Å². The fraction of sp³-hybridized carbons (Fsp3) is 0.391. The highest BCUT2D eigenvalue weighted by atomic mass is 19.1. The van der Waals surface area contributed by atoms with Crippen molar-refractivity contribution in [2.24, 2.45) is 0 Å². The second-order valence-corrected chi connectivity index (χ2v) is 8.46. The van der Waals surface area contributed by atoms with Crippen molar-refractivity contribution in [2.45, 2.75) is 53.0 Å². The maximum Gasteiger partial charge on any atom is 0.278 e. The first-order chi connectivity index (χ1) is 13.6. The van der Waals surface area contributed by atoms with Crippen LogP contribution in [-0.2, 0) is 6.42 Å². The molecule has 0 aliphatic carbocycles. The number of benzene rings is 2. The molecule has 2 amide bonds. The third kappa shape index (κ3) is 4.48. The number of carbonyl (C=O) groups is 2. The number of aryl methyl sites for hydroxylation is 1. The summed E-state index contributed by atoms with van der Waals surface area (Å²) in [4.78, 5) is 26.6. The van der Waals surface area contributed by atoms with E-state index in [1.807, 2.05) is 27.7 Å². The Balaban J connectivity index is 2.04. The van der Waals surface area contributed by atoms with Crippen molar-refractivity contribution in [3.8, 4) is 5.75 Å². The number of hydrogen-bond donors (Lipinski definition) is 1. The second-order valence-electron chi connectivity index (χ2n) is 8.46. The molecule has 1 aliphatic rings. The maximum atomic E-state index is 14.4. The third-order valence-electron chi connectivity index (χ3n) is 4.82. The van der Waals surface area contributed by atoms with Gasteiger partial charge in [-0.15, -0.1) is 0 Å². The normalized spacial score (nSPS) is 13.4. The van der Waals surface area contributed by atoms with Gasteiger partial charge < -0.3 is 4.74 Å². The van der Waals surface area contributed by atoms with Crippen LogP contribution in [0.5, 0.6) is 5.75 Å². The molecule has 0 radical (unpaired) electrons. The number of hydrazine groups is 1. The first kappa shape index (κ1) is 21.0. The number of hydrogen-bond acceptors (Lipinski definition) is 4. The monoisotopic (exact) mass is 398 g/mol. The minimum Gasteiger partial charge on any atom is -0.493 e. The van der Waals surface area contributed by atoms with Gasteiger partial charge in [0, 0.05) is 11.1 Å². The Morgan fingerprint density at radius 2 is 1.76 bits per heavy atom. The lowest BCUT2D eigenvalue weighted by molar-refractivity contribution is 0.0449. The third-order valence-corrected chi connectivity index (χ3v) is 4.82. The van der Waals surface area contributed by atoms with Crippen molar-refractivity contribution in [1.29, 1.82) is 0 Å². The quantitative estimate of drug-likeness (QED) is 0.617. The van der Waals surface area contributed by atoms with Crippen LogP contribution in [0, 0.1) is 19.7 Å². The number of carbonyl (C=O) groups excluding carboxylic acids is 2. The molecule has 0 saturated heterocycles. The molecule has 2 aromatic rings. The number of amides is 2. The molecule has 6 heteroatoms. The summed E-state index contributed by atoms with van der Waals surface area (Å²) < 4.78 is 20.0. The van der Waals surface area contributed by atoms with E-state index < -0.39 is 23.2 Å². The summed E-state index contributed by atoms with van der Waals surface area (Å²) in [5, 5.41) is 0.927. The van der Waals surface area contributed by atoms with Crippen LogP contribution in [-0.4, -0.2) is 29.0 Å². The van der Waals surface area contributed by atoms with Gasteiger partial charge in [0.2, 0.25) is 0 Å². The highest BCUT2D eigenvalue weighted by molar-refractivity contribution is 6.10. The lowest BCUT2D eigenvalue weighted by atomic mass is 9.95. The lowest BCUT2D eigenvalue weighted by Gasteiger charge is -2.31. The largest absolute Gasteiger partial charge is 0.493 e. The first-order valence-electron chi connectivity index (χ1n) is 9.76. The minimum absolute atomic E-state index is 0.144. The van der Waals surface area contributed by atoms with Gasteiger partial charge in [-0.2, -0.15) is 0 Å². The van der Waals surface area contributed by atoms with Gasteiger partial charge in [-0.1, -0.05) is 11.6 Å². The van der Waals surface area contributed by atoms with E-state index in [-0.39, 0.29) is 5.56 Å². The van der Waals surface area contributed by atoms with Crippen LogP contribution in [0.25, 0.3) is 0 Å². The van der Waals surface area contributed by atoms with Gasteiger partial charge in [0.1, 0.15) is 11.6 Å². The van der Waals surface area contributed by atoms with Crippen LogP contribution in [0.15, 0.2) is 30.3 Å². The van der Waals surface area contributed by atoms with Gasteiger partial charge >= 0.3 is 0 Å². The van der Waals surface area contributed by atoms with E-state index in [1.165, 1.54) is 12.1 Å². The van der Waals surface area contributed by atoms with E-state index in [9.17, 15) is 14.0 Å². The first-order valence-corrected chi connectivity index (χ1v) is 9.76. The molecule has 0 fully saturated rings. The molecular weight excluding hydrogens is 371 g/mol. The molecule has 5 nitrogen and oxygen atoms in total. The number of ether oxygens (including phenoxy) is 1. The summed E-state index contributed by atoms with van der Waals surface area (Å²) in [6.45, 7) is 9.78. The van der Waals surface area contributed by atoms with Gasteiger partial charge in [0.25, 0.3) is 11.8 Å². The Morgan fingerprint density at radius 1 is 1.07 bits per heavy atom. The molecule has 1 heterocycles. The summed E-state index contributed by atoms with van der Waals surface area (Å²) >= 11 is 0. The fourth-order valence-corrected chi connectivity index (χ4v) is 3.41. The molecule has 1 aliphatic heterocycles. The van der Waals surface area contributed by atoms with E-state index in [0.29, 0.717) is 12.2 Å². The highest BCUT2D eigenvalue weighted by Crippen LogP contribution is 2.30. The fourth-order valence-electron chi connectivity index (χ4n) is 3.41. The van der Waals surface area contributed by atoms with E-state index in [0.717, 1.165) is 40.3 Å². The maximum absolute atomic E-state index is 14.4. The topological polar surface area (TPSA) is 58.6 Å². The van der Waals surface area contributed by atoms with E-state index >= 15 is 0 Å². The molecule has 0 unspecified atom stereocenters. The van der Waals surface area contributed by atoms with Crippen LogP contribution in [0.4, 0.5) is 4.39 Å². The molecular formula is C23H27FN2O3. The Morgan fingerprint density at radius 3 is 2.45 bits per heavy atom. The molecule has 1 N–H and O–H groups in total. The minimum atomic E-state index is -0.723. The predicted molar refractivity (Wildman–Crippen MR) is 110 cm³/mol. The number of halogens is 1. The molecule has 0 atom stereocenters. The number of nitrogens with one attached hydrogen (secondary N) is 1. The summed E-state index contributed by atoms with van der Waals surface area (Å²) in [5.41, 5.74) is 5.11. The van der Waals surface area contributed by atoms with Crippen molar-refractivity contribution >= 4 is 11.8 Å². The number of nitrogens with zero attached hydrogens (tertiary/aromatic N) is 1. The Kier molecular flexibility index (Phi) is 5.75. The zero-order valence-corrected chi connectivity index (χ0v) is 17.6. The van der Waals surface area contributed by atoms with E-state index in [2.05, 4.69) is 5.43 Å². The van der Waals surface area contributed by atoms with Gasteiger partial charge in [-0.05, 0) is 82.9 Å². The molecule has 0 bridgehead atoms. The van der Waals surface area contributed by atoms with Crippen molar-refractivity contribution < 1.29 is 18.7 Å². The van der Waals surface area contributed by atoms with Crippen LogP contribution >= 0.6 is 0 Å². The van der Waals surface area contributed by atoms with Gasteiger partial charge in [-0.25, -0.2) is 14.8 Å². The highest BCUT2D eigenvalue weighted by Gasteiger charge is 2.31. The summed E-state index contributed by atoms with van der Waals surface area (Å²) in [6, 6.07) is 7.71. The molecule has 154 valence electrons. The molecule has 3 rings (SSSR count). The van der Waals surface area contributed by atoms with Crippen LogP contribution in [0.3, 0.4) is 0 Å². The van der Waals surface area contributed by atoms with E-state index in [1.54, 1.807) is 25.1 Å². The smallest absolute Gasteiger partial charge is 0.278 e. The molecule has 0 aromatic heterocycles. The van der Waals surface area contributed by atoms with Crippen LogP contribution in [0.1, 0.15) is 64.6 Å². The second kappa shape index (κ2) is 7.95. The van der Waals surface area contributed by atoms with Crippen molar-refractivity contribution in [1.82, 2.24) is 10.4 Å². The van der Waals surface area contributed by atoms with Gasteiger partial charge in [0.15, 0.2) is 0 Å². The standard InChI is InChI=1S/C23H27FN2O3/c1-14-8-10-19(24)18(13-14)22(28)26(25-23(3,4)5)21(27)17-9-11-20-16(15(17)2)7-6-12-29-20/h8-11,13,25H,6-7,12H2,1-5H3. The Hall–Kier alpha value is -2.73. The zero-order chi connectivity index (χ0) is 21.3. The number of imide groups is 1. The molecule has 0 saturated carbocycles. The summed E-state index contributed by atoms with van der Waals surface area (Å²) in [6.07, 6.45) is 1.69. The van der Waals surface area contributed by atoms with Gasteiger partial charge in [-0.3, -0.25) is 9.59 Å². The Labute approximate surface area is 170 Å². The van der Waals surface area contributed by atoms with Crippen LogP contribution < -0.4 is 10.2 Å². The molecule has 0 spiro atoms. The number of fused-ring (bicyclic) bond motifs is 1. The van der Waals surface area contributed by atoms with Crippen molar-refractivity contribution in [2.75, 3.05) is 6.61 Å². The average molecular weight is 398 g/mol. The summed E-state index contributed by atoms with van der Waals surface area (Å²) in [5.74, 6) is -1.13. The van der Waals surface area contributed by atoms with Crippen LogP contribution in [0.2, 0.25) is 0 Å². The molecule has 29 heavy (non-hydrogen) atoms. The SMILES string of the molecule is Cc1ccc(F)c(C(=O)N(NC(C)(C)C)C(=O)c2ccc3c(c2C)CCCO3)c1. The van der Waals surface area contributed by atoms with Crippen molar-refractivity contribution in [3.05, 3.63) is 64.0 Å². The molecule has 2 aromatic carbocycles.